The molecule has 1 fully saturated rings. The summed E-state index contributed by atoms with van der Waals surface area (Å²) in [5.41, 5.74) is -0.434. The molecular weight excluding hydrogens is 477 g/mol. The summed E-state index contributed by atoms with van der Waals surface area (Å²) in [6, 6.07) is 4.11. The highest BCUT2D eigenvalue weighted by Gasteiger charge is 2.46. The second kappa shape index (κ2) is 8.29. The van der Waals surface area contributed by atoms with E-state index in [0.717, 1.165) is 4.57 Å². The molecule has 1 aliphatic rings. The number of rotatable bonds is 8. The molecule has 184 valence electrons. The fourth-order valence-electron chi connectivity index (χ4n) is 4.25. The van der Waals surface area contributed by atoms with Gasteiger partial charge in [0.2, 0.25) is 0 Å². The standard InChI is InChI=1S/C23H24FN5O5S/c1-15-17(9-26-34-15)12-28-20-4-3-18(35(32,33)14-23(13-24)5-6-23)7-19(20)21(30)29(22(28)31)11-16-8-25-27(2)10-16/h3-4,7-10H,5-6,11-14H2,1-2H3. The minimum atomic E-state index is -3.84. The molecule has 0 saturated heterocycles. The van der Waals surface area contributed by atoms with Gasteiger partial charge in [0.05, 0.1) is 53.7 Å². The van der Waals surface area contributed by atoms with Crippen molar-refractivity contribution in [1.29, 1.82) is 0 Å². The van der Waals surface area contributed by atoms with E-state index in [1.54, 1.807) is 31.0 Å². The van der Waals surface area contributed by atoms with E-state index >= 15 is 0 Å². The molecule has 0 bridgehead atoms. The monoisotopic (exact) mass is 501 g/mol. The fourth-order valence-corrected chi connectivity index (χ4v) is 6.16. The number of aromatic nitrogens is 5. The molecule has 0 spiro atoms. The number of aryl methyl sites for hydroxylation is 2. The minimum Gasteiger partial charge on any atom is -0.361 e. The summed E-state index contributed by atoms with van der Waals surface area (Å²) in [5, 5.41) is 7.92. The molecule has 0 unspecified atom stereocenters. The molecule has 1 aromatic carbocycles. The summed E-state index contributed by atoms with van der Waals surface area (Å²) < 4.78 is 48.6. The topological polar surface area (TPSA) is 122 Å². The zero-order valence-electron chi connectivity index (χ0n) is 19.3. The van der Waals surface area contributed by atoms with Crippen LogP contribution in [-0.4, -0.2) is 44.9 Å². The highest BCUT2D eigenvalue weighted by Crippen LogP contribution is 2.47. The molecule has 35 heavy (non-hydrogen) atoms. The third-order valence-electron chi connectivity index (χ3n) is 6.57. The van der Waals surface area contributed by atoms with Gasteiger partial charge in [-0.25, -0.2) is 13.2 Å². The van der Waals surface area contributed by atoms with Crippen LogP contribution in [0.25, 0.3) is 10.9 Å². The Balaban J connectivity index is 1.69. The van der Waals surface area contributed by atoms with Crippen molar-refractivity contribution in [1.82, 2.24) is 24.1 Å². The van der Waals surface area contributed by atoms with Gasteiger partial charge in [0.15, 0.2) is 9.84 Å². The zero-order valence-corrected chi connectivity index (χ0v) is 20.1. The Kier molecular flexibility index (Phi) is 5.50. The lowest BCUT2D eigenvalue weighted by molar-refractivity contribution is 0.367. The quantitative estimate of drug-likeness (QED) is 0.361. The van der Waals surface area contributed by atoms with Gasteiger partial charge in [-0.1, -0.05) is 5.16 Å². The second-order valence-electron chi connectivity index (χ2n) is 9.26. The van der Waals surface area contributed by atoms with Gasteiger partial charge in [-0.3, -0.25) is 23.0 Å². The number of hydrogen-bond acceptors (Lipinski definition) is 7. The lowest BCUT2D eigenvalue weighted by Crippen LogP contribution is -2.40. The lowest BCUT2D eigenvalue weighted by atomic mass is 10.2. The number of fused-ring (bicyclic) bond motifs is 1. The smallest absolute Gasteiger partial charge is 0.332 e. The normalized spacial score (nSPS) is 15.1. The Bertz CT molecular complexity index is 1660. The molecule has 4 aromatic rings. The summed E-state index contributed by atoms with van der Waals surface area (Å²) in [6.07, 6.45) is 5.78. The van der Waals surface area contributed by atoms with Crippen LogP contribution < -0.4 is 11.2 Å². The number of benzene rings is 1. The van der Waals surface area contributed by atoms with Gasteiger partial charge in [0.25, 0.3) is 5.56 Å². The molecule has 1 saturated carbocycles. The molecule has 12 heteroatoms. The number of nitrogens with zero attached hydrogens (tertiary/aromatic N) is 5. The van der Waals surface area contributed by atoms with Crippen molar-refractivity contribution in [3.8, 4) is 0 Å². The molecule has 0 amide bonds. The van der Waals surface area contributed by atoms with Crippen LogP contribution in [0, 0.1) is 12.3 Å². The van der Waals surface area contributed by atoms with Crippen LogP contribution in [0.3, 0.4) is 0 Å². The SMILES string of the molecule is Cc1oncc1Cn1c(=O)n(Cc2cnn(C)c2)c(=O)c2cc(S(=O)(=O)CC3(CF)CC3)ccc21. The zero-order chi connectivity index (χ0) is 25.0. The van der Waals surface area contributed by atoms with E-state index < -0.39 is 33.2 Å². The average Bonchev–Trinajstić information content (AvgIpc) is 3.27. The highest BCUT2D eigenvalue weighted by molar-refractivity contribution is 7.91. The van der Waals surface area contributed by atoms with Crippen LogP contribution >= 0.6 is 0 Å². The number of alkyl halides is 1. The van der Waals surface area contributed by atoms with Crippen LogP contribution in [-0.2, 0) is 30.0 Å². The summed E-state index contributed by atoms with van der Waals surface area (Å²) in [7, 11) is -2.11. The average molecular weight is 502 g/mol. The van der Waals surface area contributed by atoms with E-state index in [9.17, 15) is 22.4 Å². The van der Waals surface area contributed by atoms with Crippen molar-refractivity contribution in [3.63, 3.8) is 0 Å². The molecule has 10 nitrogen and oxygen atoms in total. The van der Waals surface area contributed by atoms with E-state index in [1.165, 1.54) is 29.0 Å². The van der Waals surface area contributed by atoms with Crippen molar-refractivity contribution >= 4 is 20.7 Å². The van der Waals surface area contributed by atoms with Crippen molar-refractivity contribution in [3.05, 3.63) is 74.5 Å². The van der Waals surface area contributed by atoms with E-state index in [-0.39, 0.29) is 34.6 Å². The van der Waals surface area contributed by atoms with Crippen LogP contribution in [0.15, 0.2) is 55.8 Å². The summed E-state index contributed by atoms with van der Waals surface area (Å²) in [5.74, 6) is 0.209. The number of hydrogen-bond donors (Lipinski definition) is 0. The maximum absolute atomic E-state index is 13.5. The first-order valence-corrected chi connectivity index (χ1v) is 12.7. The molecule has 5 rings (SSSR count). The van der Waals surface area contributed by atoms with Crippen LogP contribution in [0.2, 0.25) is 0 Å². The molecule has 3 aromatic heterocycles. The molecule has 0 atom stereocenters. The molecule has 0 N–H and O–H groups in total. The summed E-state index contributed by atoms with van der Waals surface area (Å²) in [4.78, 5) is 26.8. The van der Waals surface area contributed by atoms with Gasteiger partial charge in [-0.05, 0) is 38.0 Å². The molecule has 0 aliphatic heterocycles. The molecule has 0 radical (unpaired) electrons. The van der Waals surface area contributed by atoms with Crippen molar-refractivity contribution in [2.75, 3.05) is 12.4 Å². The van der Waals surface area contributed by atoms with E-state index in [2.05, 4.69) is 10.3 Å². The Hall–Kier alpha value is -3.54. The van der Waals surface area contributed by atoms with Crippen molar-refractivity contribution < 1.29 is 17.3 Å². The van der Waals surface area contributed by atoms with E-state index in [4.69, 9.17) is 4.52 Å². The Morgan fingerprint density at radius 3 is 2.51 bits per heavy atom. The predicted octanol–water partition coefficient (Wildman–Crippen LogP) is 1.81. The highest BCUT2D eigenvalue weighted by atomic mass is 32.2. The Morgan fingerprint density at radius 1 is 1.14 bits per heavy atom. The van der Waals surface area contributed by atoms with Crippen LogP contribution in [0.5, 0.6) is 0 Å². The van der Waals surface area contributed by atoms with E-state index in [0.29, 0.717) is 29.7 Å². The van der Waals surface area contributed by atoms with Gasteiger partial charge >= 0.3 is 5.69 Å². The maximum Gasteiger partial charge on any atom is 0.332 e. The third kappa shape index (κ3) is 4.22. The van der Waals surface area contributed by atoms with Gasteiger partial charge in [-0.2, -0.15) is 5.10 Å². The van der Waals surface area contributed by atoms with Gasteiger partial charge in [0.1, 0.15) is 5.76 Å². The van der Waals surface area contributed by atoms with Crippen LogP contribution in [0.4, 0.5) is 4.39 Å². The first-order valence-electron chi connectivity index (χ1n) is 11.1. The maximum atomic E-state index is 13.5. The first-order chi connectivity index (χ1) is 16.6. The Labute approximate surface area is 199 Å². The first kappa shape index (κ1) is 23.2. The van der Waals surface area contributed by atoms with Crippen molar-refractivity contribution in [2.45, 2.75) is 37.8 Å². The molecule has 1 aliphatic carbocycles. The lowest BCUT2D eigenvalue weighted by Gasteiger charge is -2.15. The summed E-state index contributed by atoms with van der Waals surface area (Å²) >= 11 is 0. The fraction of sp³-hybridized carbons (Fsp3) is 0.391. The van der Waals surface area contributed by atoms with Gasteiger partial charge in [-0.15, -0.1) is 0 Å². The van der Waals surface area contributed by atoms with Gasteiger partial charge in [0, 0.05) is 29.8 Å². The minimum absolute atomic E-state index is 0.0357. The van der Waals surface area contributed by atoms with Crippen molar-refractivity contribution in [2.24, 2.45) is 12.5 Å². The Morgan fingerprint density at radius 2 is 1.91 bits per heavy atom. The van der Waals surface area contributed by atoms with E-state index in [1.807, 2.05) is 0 Å². The molecule has 3 heterocycles. The van der Waals surface area contributed by atoms with Gasteiger partial charge < -0.3 is 4.52 Å². The largest absolute Gasteiger partial charge is 0.361 e. The third-order valence-corrected chi connectivity index (χ3v) is 8.53. The summed E-state index contributed by atoms with van der Waals surface area (Å²) in [6.45, 7) is 1.06. The van der Waals surface area contributed by atoms with Crippen LogP contribution in [0.1, 0.15) is 29.7 Å². The second-order valence-corrected chi connectivity index (χ2v) is 11.3. The predicted molar refractivity (Wildman–Crippen MR) is 125 cm³/mol. The molecular formula is C23H24FN5O5S. The number of halogens is 1. The number of sulfone groups is 1.